The van der Waals surface area contributed by atoms with Crippen molar-refractivity contribution >= 4 is 32.6 Å². The molecule has 0 fully saturated rings. The van der Waals surface area contributed by atoms with Gasteiger partial charge in [0, 0.05) is 6.42 Å². The summed E-state index contributed by atoms with van der Waals surface area (Å²) in [7, 11) is 0. The zero-order valence-electron chi connectivity index (χ0n) is 15.4. The second-order valence-electron chi connectivity index (χ2n) is 6.16. The number of nitrogens with zero attached hydrogens (tertiary/aromatic N) is 1. The molecule has 5 nitrogen and oxygen atoms in total. The molecular weight excluding hydrogens is 360 g/mol. The Kier molecular flexibility index (Phi) is 7.04. The number of hydrogen-bond acceptors (Lipinski definition) is 5. The molecule has 3 aromatic rings. The quantitative estimate of drug-likeness (QED) is 0.484. The lowest BCUT2D eigenvalue weighted by atomic mass is 10.3. The van der Waals surface area contributed by atoms with E-state index in [1.165, 1.54) is 11.3 Å². The number of nitrogens with one attached hydrogen (secondary N) is 1. The number of ether oxygens (including phenoxy) is 2. The summed E-state index contributed by atoms with van der Waals surface area (Å²) >= 11 is 1.46. The number of thiazole rings is 1. The van der Waals surface area contributed by atoms with Gasteiger partial charge in [-0.3, -0.25) is 4.79 Å². The first-order valence-electron chi connectivity index (χ1n) is 9.25. The van der Waals surface area contributed by atoms with Gasteiger partial charge in [0.05, 0.1) is 23.4 Å². The molecule has 0 aliphatic heterocycles. The van der Waals surface area contributed by atoms with E-state index in [9.17, 15) is 4.79 Å². The van der Waals surface area contributed by atoms with Crippen LogP contribution in [0.1, 0.15) is 32.6 Å². The fourth-order valence-corrected chi connectivity index (χ4v) is 3.41. The van der Waals surface area contributed by atoms with Gasteiger partial charge in [0.1, 0.15) is 11.5 Å². The van der Waals surface area contributed by atoms with Crippen LogP contribution in [0.25, 0.3) is 10.2 Å². The van der Waals surface area contributed by atoms with Gasteiger partial charge < -0.3 is 14.8 Å². The molecule has 1 aromatic heterocycles. The Bertz CT molecular complexity index is 864. The third-order valence-corrected chi connectivity index (χ3v) is 4.87. The molecule has 0 atom stereocenters. The van der Waals surface area contributed by atoms with E-state index in [4.69, 9.17) is 9.47 Å². The lowest BCUT2D eigenvalue weighted by molar-refractivity contribution is -0.116. The monoisotopic (exact) mass is 384 g/mol. The normalized spacial score (nSPS) is 10.7. The highest BCUT2D eigenvalue weighted by molar-refractivity contribution is 7.22. The Hall–Kier alpha value is -2.60. The summed E-state index contributed by atoms with van der Waals surface area (Å²) in [6.45, 7) is 3.36. The zero-order valence-corrected chi connectivity index (χ0v) is 16.3. The Labute approximate surface area is 163 Å². The number of fused-ring (bicyclic) bond motifs is 1. The molecule has 1 N–H and O–H groups in total. The first kappa shape index (κ1) is 19.2. The Morgan fingerprint density at radius 2 is 1.81 bits per heavy atom. The summed E-state index contributed by atoms with van der Waals surface area (Å²) in [4.78, 5) is 16.6. The molecule has 3 rings (SSSR count). The predicted molar refractivity (Wildman–Crippen MR) is 110 cm³/mol. The van der Waals surface area contributed by atoms with Crippen LogP contribution >= 0.6 is 11.3 Å². The summed E-state index contributed by atoms with van der Waals surface area (Å²) in [5, 5.41) is 3.49. The molecule has 0 saturated heterocycles. The van der Waals surface area contributed by atoms with Gasteiger partial charge in [0.25, 0.3) is 0 Å². The Balaban J connectivity index is 1.46. The fourth-order valence-electron chi connectivity index (χ4n) is 2.50. The molecule has 0 radical (unpaired) electrons. The van der Waals surface area contributed by atoms with Crippen molar-refractivity contribution in [2.24, 2.45) is 0 Å². The van der Waals surface area contributed by atoms with Crippen molar-refractivity contribution in [2.45, 2.75) is 32.6 Å². The fraction of sp³-hybridized carbons (Fsp3) is 0.333. The minimum absolute atomic E-state index is 0.0508. The van der Waals surface area contributed by atoms with Crippen molar-refractivity contribution < 1.29 is 14.3 Å². The molecule has 142 valence electrons. The molecule has 0 unspecified atom stereocenters. The number of para-hydroxylation sites is 1. The summed E-state index contributed by atoms with van der Waals surface area (Å²) in [5.74, 6) is 1.61. The van der Waals surface area contributed by atoms with Gasteiger partial charge in [-0.25, -0.2) is 4.98 Å². The van der Waals surface area contributed by atoms with E-state index in [1.807, 2.05) is 48.5 Å². The Morgan fingerprint density at radius 1 is 1.04 bits per heavy atom. The second-order valence-corrected chi connectivity index (χ2v) is 7.19. The van der Waals surface area contributed by atoms with Crippen molar-refractivity contribution in [1.29, 1.82) is 0 Å². The number of carbonyl (C=O) groups excluding carboxylic acids is 1. The minimum atomic E-state index is -0.0508. The molecular formula is C21H24N2O3S. The van der Waals surface area contributed by atoms with Crippen molar-refractivity contribution in [3.63, 3.8) is 0 Å². The molecule has 0 bridgehead atoms. The maximum absolute atomic E-state index is 12.1. The third kappa shape index (κ3) is 5.96. The topological polar surface area (TPSA) is 60.5 Å². The number of hydrogen-bond donors (Lipinski definition) is 1. The second kappa shape index (κ2) is 9.92. The van der Waals surface area contributed by atoms with E-state index in [-0.39, 0.29) is 5.91 Å². The highest BCUT2D eigenvalue weighted by atomic mass is 32.1. The first-order chi connectivity index (χ1) is 13.2. The molecule has 1 heterocycles. The van der Waals surface area contributed by atoms with Gasteiger partial charge >= 0.3 is 0 Å². The van der Waals surface area contributed by atoms with Crippen molar-refractivity contribution in [2.75, 3.05) is 18.5 Å². The van der Waals surface area contributed by atoms with Gasteiger partial charge in [-0.15, -0.1) is 0 Å². The Morgan fingerprint density at radius 3 is 2.63 bits per heavy atom. The molecule has 0 aliphatic carbocycles. The predicted octanol–water partition coefficient (Wildman–Crippen LogP) is 5.27. The summed E-state index contributed by atoms with van der Waals surface area (Å²) in [5.41, 5.74) is 0.866. The van der Waals surface area contributed by atoms with Gasteiger partial charge in [0.15, 0.2) is 5.13 Å². The van der Waals surface area contributed by atoms with E-state index < -0.39 is 0 Å². The minimum Gasteiger partial charge on any atom is -0.494 e. The maximum Gasteiger partial charge on any atom is 0.226 e. The van der Waals surface area contributed by atoms with E-state index in [0.717, 1.165) is 41.2 Å². The number of rotatable bonds is 10. The van der Waals surface area contributed by atoms with Gasteiger partial charge in [0.2, 0.25) is 5.91 Å². The van der Waals surface area contributed by atoms with E-state index >= 15 is 0 Å². The van der Waals surface area contributed by atoms with Crippen LogP contribution in [0.2, 0.25) is 0 Å². The van der Waals surface area contributed by atoms with Crippen LogP contribution in [-0.4, -0.2) is 24.1 Å². The van der Waals surface area contributed by atoms with Crippen LogP contribution in [0.3, 0.4) is 0 Å². The number of carbonyl (C=O) groups is 1. The van der Waals surface area contributed by atoms with E-state index in [1.54, 1.807) is 0 Å². The van der Waals surface area contributed by atoms with Crippen LogP contribution in [0.15, 0.2) is 48.5 Å². The lowest BCUT2D eigenvalue weighted by Gasteiger charge is -2.05. The SMILES string of the molecule is CCCCOc1ccc2nc(NC(=O)CCCOc3ccccc3)sc2c1. The van der Waals surface area contributed by atoms with Crippen LogP contribution < -0.4 is 14.8 Å². The smallest absolute Gasteiger partial charge is 0.226 e. The van der Waals surface area contributed by atoms with Gasteiger partial charge in [-0.05, 0) is 43.2 Å². The third-order valence-electron chi connectivity index (χ3n) is 3.93. The molecule has 0 aliphatic rings. The van der Waals surface area contributed by atoms with Crippen LogP contribution in [0, 0.1) is 0 Å². The summed E-state index contributed by atoms with van der Waals surface area (Å²) < 4.78 is 12.3. The average Bonchev–Trinajstić information content (AvgIpc) is 3.08. The summed E-state index contributed by atoms with van der Waals surface area (Å²) in [6.07, 6.45) is 3.20. The molecule has 0 spiro atoms. The van der Waals surface area contributed by atoms with Gasteiger partial charge in [-0.2, -0.15) is 0 Å². The summed E-state index contributed by atoms with van der Waals surface area (Å²) in [6, 6.07) is 15.4. The van der Waals surface area contributed by atoms with Crippen LogP contribution in [0.5, 0.6) is 11.5 Å². The van der Waals surface area contributed by atoms with Crippen molar-refractivity contribution in [3.8, 4) is 11.5 Å². The molecule has 1 amide bonds. The number of unbranched alkanes of at least 4 members (excludes halogenated alkanes) is 1. The largest absolute Gasteiger partial charge is 0.494 e. The lowest BCUT2D eigenvalue weighted by Crippen LogP contribution is -2.12. The molecule has 27 heavy (non-hydrogen) atoms. The first-order valence-corrected chi connectivity index (χ1v) is 10.1. The molecule has 6 heteroatoms. The number of aromatic nitrogens is 1. The van der Waals surface area contributed by atoms with Crippen LogP contribution in [-0.2, 0) is 4.79 Å². The maximum atomic E-state index is 12.1. The molecule has 0 saturated carbocycles. The highest BCUT2D eigenvalue weighted by Crippen LogP contribution is 2.29. The van der Waals surface area contributed by atoms with Gasteiger partial charge in [-0.1, -0.05) is 42.9 Å². The van der Waals surface area contributed by atoms with E-state index in [2.05, 4.69) is 17.2 Å². The number of benzene rings is 2. The average molecular weight is 385 g/mol. The zero-order chi connectivity index (χ0) is 18.9. The molecule has 2 aromatic carbocycles. The van der Waals surface area contributed by atoms with Crippen LogP contribution in [0.4, 0.5) is 5.13 Å². The van der Waals surface area contributed by atoms with Crippen molar-refractivity contribution in [1.82, 2.24) is 4.98 Å². The van der Waals surface area contributed by atoms with Crippen molar-refractivity contribution in [3.05, 3.63) is 48.5 Å². The highest BCUT2D eigenvalue weighted by Gasteiger charge is 2.09. The number of amides is 1. The standard InChI is InChI=1S/C21H24N2O3S/c1-2-3-13-26-17-11-12-18-19(15-17)27-21(22-18)23-20(24)10-7-14-25-16-8-5-4-6-9-16/h4-6,8-9,11-12,15H,2-3,7,10,13-14H2,1H3,(H,22,23,24). The number of anilines is 1. The van der Waals surface area contributed by atoms with E-state index in [0.29, 0.717) is 24.6 Å².